The molecule has 100 valence electrons. The molecule has 0 bridgehead atoms. The molecule has 0 aliphatic rings. The summed E-state index contributed by atoms with van der Waals surface area (Å²) in [5.74, 6) is -0.443. The van der Waals surface area contributed by atoms with E-state index in [4.69, 9.17) is 5.26 Å². The number of nitriles is 1. The number of rotatable bonds is 5. The molecule has 0 saturated carbocycles. The third-order valence-corrected chi connectivity index (χ3v) is 2.54. The summed E-state index contributed by atoms with van der Waals surface area (Å²) >= 11 is 0. The van der Waals surface area contributed by atoms with E-state index in [1.165, 1.54) is 11.8 Å². The maximum atomic E-state index is 11.7. The second-order valence-corrected chi connectivity index (χ2v) is 4.12. The van der Waals surface area contributed by atoms with Crippen LogP contribution in [-0.4, -0.2) is 24.9 Å². The van der Waals surface area contributed by atoms with E-state index in [2.05, 4.69) is 5.32 Å². The van der Waals surface area contributed by atoms with Crippen LogP contribution in [0, 0.1) is 11.3 Å². The second-order valence-electron chi connectivity index (χ2n) is 4.12. The van der Waals surface area contributed by atoms with E-state index in [9.17, 15) is 9.59 Å². The number of hydrogen-bond donors (Lipinski definition) is 1. The minimum absolute atomic E-state index is 0.0375. The van der Waals surface area contributed by atoms with E-state index in [0.717, 1.165) is 6.42 Å². The van der Waals surface area contributed by atoms with Crippen molar-refractivity contribution in [3.63, 3.8) is 0 Å². The number of hydrogen-bond acceptors (Lipinski definition) is 3. The van der Waals surface area contributed by atoms with Crippen LogP contribution in [0.3, 0.4) is 0 Å². The first-order valence-electron chi connectivity index (χ1n) is 6.13. The van der Waals surface area contributed by atoms with E-state index < -0.39 is 0 Å². The van der Waals surface area contributed by atoms with Crippen molar-refractivity contribution in [2.75, 3.05) is 18.0 Å². The number of nitrogens with zero attached hydrogens (tertiary/aromatic N) is 2. The van der Waals surface area contributed by atoms with Gasteiger partial charge in [0, 0.05) is 19.2 Å². The molecule has 0 fully saturated rings. The van der Waals surface area contributed by atoms with Gasteiger partial charge in [-0.25, -0.2) is 0 Å². The number of benzene rings is 1. The van der Waals surface area contributed by atoms with Gasteiger partial charge in [-0.15, -0.1) is 0 Å². The highest BCUT2D eigenvalue weighted by Gasteiger charge is 2.15. The van der Waals surface area contributed by atoms with Crippen molar-refractivity contribution in [3.8, 4) is 6.07 Å². The normalized spacial score (nSPS) is 9.53. The summed E-state index contributed by atoms with van der Waals surface area (Å²) in [5, 5.41) is 11.6. The van der Waals surface area contributed by atoms with E-state index in [1.54, 1.807) is 24.3 Å². The molecule has 2 amide bonds. The molecule has 0 saturated heterocycles. The van der Waals surface area contributed by atoms with E-state index in [-0.39, 0.29) is 18.4 Å². The number of anilines is 1. The smallest absolute Gasteiger partial charge is 0.240 e. The Kier molecular flexibility index (Phi) is 5.55. The fourth-order valence-corrected chi connectivity index (χ4v) is 1.59. The van der Waals surface area contributed by atoms with Crippen LogP contribution in [0.1, 0.15) is 25.8 Å². The standard InChI is InChI=1S/C14H17N3O2/c1-3-7-16-14(19)10-17(11(2)18)13-6-4-5-12(8-13)9-15/h4-6,8H,3,7,10H2,1-2H3,(H,16,19). The minimum atomic E-state index is -0.235. The molecular formula is C14H17N3O2. The molecule has 0 aliphatic carbocycles. The quantitative estimate of drug-likeness (QED) is 0.869. The van der Waals surface area contributed by atoms with Crippen LogP contribution >= 0.6 is 0 Å². The molecular weight excluding hydrogens is 242 g/mol. The molecule has 0 heterocycles. The van der Waals surface area contributed by atoms with Crippen LogP contribution in [0.4, 0.5) is 5.69 Å². The monoisotopic (exact) mass is 259 g/mol. The fraction of sp³-hybridized carbons (Fsp3) is 0.357. The number of carbonyl (C=O) groups is 2. The molecule has 5 nitrogen and oxygen atoms in total. The van der Waals surface area contributed by atoms with Gasteiger partial charge in [0.25, 0.3) is 0 Å². The molecule has 5 heteroatoms. The Balaban J connectivity index is 2.86. The van der Waals surface area contributed by atoms with Gasteiger partial charge in [-0.05, 0) is 24.6 Å². The third-order valence-electron chi connectivity index (χ3n) is 2.54. The van der Waals surface area contributed by atoms with Gasteiger partial charge in [-0.3, -0.25) is 9.59 Å². The van der Waals surface area contributed by atoms with Crippen LogP contribution < -0.4 is 10.2 Å². The first-order valence-corrected chi connectivity index (χ1v) is 6.13. The molecule has 0 unspecified atom stereocenters. The highest BCUT2D eigenvalue weighted by molar-refractivity contribution is 5.97. The topological polar surface area (TPSA) is 73.2 Å². The Labute approximate surface area is 112 Å². The van der Waals surface area contributed by atoms with Crippen molar-refractivity contribution < 1.29 is 9.59 Å². The molecule has 0 aromatic heterocycles. The van der Waals surface area contributed by atoms with Crippen molar-refractivity contribution in [2.24, 2.45) is 0 Å². The summed E-state index contributed by atoms with van der Waals surface area (Å²) in [6.45, 7) is 3.90. The summed E-state index contributed by atoms with van der Waals surface area (Å²) in [6, 6.07) is 8.65. The molecule has 0 atom stereocenters. The van der Waals surface area contributed by atoms with E-state index in [1.807, 2.05) is 13.0 Å². The van der Waals surface area contributed by atoms with Gasteiger partial charge in [0.15, 0.2) is 0 Å². The Morgan fingerprint density at radius 2 is 2.16 bits per heavy atom. The molecule has 1 N–H and O–H groups in total. The van der Waals surface area contributed by atoms with E-state index in [0.29, 0.717) is 17.8 Å². The molecule has 0 aliphatic heterocycles. The molecule has 1 rings (SSSR count). The average molecular weight is 259 g/mol. The van der Waals surface area contributed by atoms with Gasteiger partial charge < -0.3 is 10.2 Å². The Morgan fingerprint density at radius 1 is 1.42 bits per heavy atom. The Hall–Kier alpha value is -2.35. The molecule has 1 aromatic rings. The van der Waals surface area contributed by atoms with E-state index >= 15 is 0 Å². The zero-order valence-corrected chi connectivity index (χ0v) is 11.1. The SMILES string of the molecule is CCCNC(=O)CN(C(C)=O)c1cccc(C#N)c1. The first kappa shape index (κ1) is 14.7. The van der Waals surface area contributed by atoms with Crippen molar-refractivity contribution in [1.82, 2.24) is 5.32 Å². The van der Waals surface area contributed by atoms with Crippen molar-refractivity contribution in [1.29, 1.82) is 5.26 Å². The zero-order chi connectivity index (χ0) is 14.3. The highest BCUT2D eigenvalue weighted by atomic mass is 16.2. The Morgan fingerprint density at radius 3 is 2.74 bits per heavy atom. The predicted molar refractivity (Wildman–Crippen MR) is 72.5 cm³/mol. The highest BCUT2D eigenvalue weighted by Crippen LogP contribution is 2.15. The van der Waals surface area contributed by atoms with Crippen LogP contribution in [0.15, 0.2) is 24.3 Å². The maximum absolute atomic E-state index is 11.7. The van der Waals surface area contributed by atoms with Gasteiger partial charge in [0.05, 0.1) is 11.6 Å². The second kappa shape index (κ2) is 7.17. The zero-order valence-electron chi connectivity index (χ0n) is 11.1. The molecule has 0 spiro atoms. The minimum Gasteiger partial charge on any atom is -0.355 e. The fourth-order valence-electron chi connectivity index (χ4n) is 1.59. The summed E-state index contributed by atoms with van der Waals surface area (Å²) in [7, 11) is 0. The maximum Gasteiger partial charge on any atom is 0.240 e. The lowest BCUT2D eigenvalue weighted by Crippen LogP contribution is -2.40. The van der Waals surface area contributed by atoms with Gasteiger partial charge >= 0.3 is 0 Å². The predicted octanol–water partition coefficient (Wildman–Crippen LogP) is 1.44. The van der Waals surface area contributed by atoms with Crippen LogP contribution in [0.25, 0.3) is 0 Å². The van der Waals surface area contributed by atoms with Gasteiger partial charge in [0.1, 0.15) is 6.54 Å². The van der Waals surface area contributed by atoms with Crippen molar-refractivity contribution >= 4 is 17.5 Å². The number of amides is 2. The molecule has 19 heavy (non-hydrogen) atoms. The summed E-state index contributed by atoms with van der Waals surface area (Å²) in [6.07, 6.45) is 0.843. The van der Waals surface area contributed by atoms with Gasteiger partial charge in [-0.2, -0.15) is 5.26 Å². The van der Waals surface area contributed by atoms with Crippen molar-refractivity contribution in [3.05, 3.63) is 29.8 Å². The number of nitrogens with one attached hydrogen (secondary N) is 1. The first-order chi connectivity index (χ1) is 9.08. The summed E-state index contributed by atoms with van der Waals surface area (Å²) in [4.78, 5) is 24.6. The van der Waals surface area contributed by atoms with Crippen molar-refractivity contribution in [2.45, 2.75) is 20.3 Å². The van der Waals surface area contributed by atoms with Gasteiger partial charge in [0.2, 0.25) is 11.8 Å². The van der Waals surface area contributed by atoms with Crippen LogP contribution in [0.5, 0.6) is 0 Å². The molecule has 1 aromatic carbocycles. The average Bonchev–Trinajstić information content (AvgIpc) is 2.42. The summed E-state index contributed by atoms with van der Waals surface area (Å²) < 4.78 is 0. The summed E-state index contributed by atoms with van der Waals surface area (Å²) in [5.41, 5.74) is 1.01. The van der Waals surface area contributed by atoms with Crippen LogP contribution in [0.2, 0.25) is 0 Å². The lowest BCUT2D eigenvalue weighted by Gasteiger charge is -2.20. The lowest BCUT2D eigenvalue weighted by atomic mass is 10.2. The Bertz CT molecular complexity index is 506. The van der Waals surface area contributed by atoms with Gasteiger partial charge in [-0.1, -0.05) is 13.0 Å². The third kappa shape index (κ3) is 4.43. The largest absolute Gasteiger partial charge is 0.355 e. The lowest BCUT2D eigenvalue weighted by molar-refractivity contribution is -0.123. The molecule has 0 radical (unpaired) electrons. The number of carbonyl (C=O) groups excluding carboxylic acids is 2. The van der Waals surface area contributed by atoms with Crippen LogP contribution in [-0.2, 0) is 9.59 Å².